The van der Waals surface area contributed by atoms with Crippen LogP contribution in [-0.4, -0.2) is 33.8 Å². The largest absolute Gasteiger partial charge is 0.356 e. The highest BCUT2D eigenvalue weighted by molar-refractivity contribution is 5.94. The average Bonchev–Trinajstić information content (AvgIpc) is 3.42. The highest BCUT2D eigenvalue weighted by atomic mass is 16.1. The SMILES string of the molecule is Cc1ccc(-n2nc(C(=O)NCc3cccnc3N3CCCCC3)c3c2CCC3)cc1. The fraction of sp³-hybridized carbons (Fsp3) is 0.400. The topological polar surface area (TPSA) is 63.1 Å². The van der Waals surface area contributed by atoms with Crippen LogP contribution in [0.3, 0.4) is 0 Å². The molecule has 0 saturated carbocycles. The molecule has 6 heteroatoms. The van der Waals surface area contributed by atoms with Gasteiger partial charge in [-0.3, -0.25) is 4.79 Å². The van der Waals surface area contributed by atoms with E-state index in [1.54, 1.807) is 0 Å². The molecule has 0 radical (unpaired) electrons. The zero-order valence-electron chi connectivity index (χ0n) is 18.1. The Morgan fingerprint density at radius 1 is 1.03 bits per heavy atom. The molecule has 1 saturated heterocycles. The van der Waals surface area contributed by atoms with Crippen LogP contribution < -0.4 is 10.2 Å². The second-order valence-electron chi connectivity index (χ2n) is 8.59. The number of aromatic nitrogens is 3. The molecule has 0 atom stereocenters. The summed E-state index contributed by atoms with van der Waals surface area (Å²) >= 11 is 0. The lowest BCUT2D eigenvalue weighted by molar-refractivity contribution is 0.0944. The normalized spacial score (nSPS) is 15.7. The van der Waals surface area contributed by atoms with Crippen molar-refractivity contribution in [2.75, 3.05) is 18.0 Å². The molecule has 5 rings (SSSR count). The van der Waals surface area contributed by atoms with Gasteiger partial charge in [0.05, 0.1) is 5.69 Å². The van der Waals surface area contributed by atoms with Crippen molar-refractivity contribution >= 4 is 11.7 Å². The standard InChI is InChI=1S/C25H29N5O/c1-18-10-12-20(13-11-18)30-22-9-5-8-21(22)23(28-30)25(31)27-17-19-7-6-14-26-24(19)29-15-3-2-4-16-29/h6-7,10-14H,2-5,8-9,15-17H2,1H3,(H,27,31). The molecule has 1 aliphatic carbocycles. The van der Waals surface area contributed by atoms with Crippen molar-refractivity contribution in [3.8, 4) is 5.69 Å². The third-order valence-corrected chi connectivity index (χ3v) is 6.39. The molecule has 31 heavy (non-hydrogen) atoms. The highest BCUT2D eigenvalue weighted by Crippen LogP contribution is 2.28. The quantitative estimate of drug-likeness (QED) is 0.685. The second kappa shape index (κ2) is 8.53. The Hall–Kier alpha value is -3.15. The molecule has 1 fully saturated rings. The van der Waals surface area contributed by atoms with Crippen molar-refractivity contribution in [3.63, 3.8) is 0 Å². The first-order valence-electron chi connectivity index (χ1n) is 11.4. The molecule has 3 aromatic rings. The van der Waals surface area contributed by atoms with Gasteiger partial charge in [0.25, 0.3) is 5.91 Å². The number of rotatable bonds is 5. The predicted octanol–water partition coefficient (Wildman–Crippen LogP) is 3.98. The molecule has 1 aromatic carbocycles. The maximum absolute atomic E-state index is 13.1. The van der Waals surface area contributed by atoms with Crippen molar-refractivity contribution < 1.29 is 4.79 Å². The summed E-state index contributed by atoms with van der Waals surface area (Å²) in [6, 6.07) is 12.3. The zero-order chi connectivity index (χ0) is 21.2. The summed E-state index contributed by atoms with van der Waals surface area (Å²) in [5, 5.41) is 7.85. The van der Waals surface area contributed by atoms with Gasteiger partial charge in [0.2, 0.25) is 0 Å². The van der Waals surface area contributed by atoms with Gasteiger partial charge in [-0.2, -0.15) is 5.10 Å². The van der Waals surface area contributed by atoms with E-state index in [-0.39, 0.29) is 5.91 Å². The molecule has 160 valence electrons. The minimum Gasteiger partial charge on any atom is -0.356 e. The summed E-state index contributed by atoms with van der Waals surface area (Å²) < 4.78 is 1.96. The molecule has 0 spiro atoms. The minimum absolute atomic E-state index is 0.0996. The molecule has 2 aromatic heterocycles. The van der Waals surface area contributed by atoms with Crippen LogP contribution in [0.15, 0.2) is 42.6 Å². The molecule has 2 aliphatic rings. The maximum atomic E-state index is 13.1. The Morgan fingerprint density at radius 2 is 1.84 bits per heavy atom. The van der Waals surface area contributed by atoms with Crippen LogP contribution in [0.1, 0.15) is 58.6 Å². The van der Waals surface area contributed by atoms with Crippen LogP contribution in [0.2, 0.25) is 0 Å². The first kappa shape index (κ1) is 19.8. The number of aryl methyl sites for hydroxylation is 1. The van der Waals surface area contributed by atoms with Crippen molar-refractivity contribution in [1.82, 2.24) is 20.1 Å². The fourth-order valence-electron chi connectivity index (χ4n) is 4.74. The summed E-state index contributed by atoms with van der Waals surface area (Å²) in [7, 11) is 0. The molecular weight excluding hydrogens is 386 g/mol. The van der Waals surface area contributed by atoms with E-state index in [0.29, 0.717) is 12.2 Å². The predicted molar refractivity (Wildman–Crippen MR) is 122 cm³/mol. The minimum atomic E-state index is -0.0996. The van der Waals surface area contributed by atoms with Crippen LogP contribution >= 0.6 is 0 Å². The van der Waals surface area contributed by atoms with Crippen molar-refractivity contribution in [3.05, 3.63) is 70.7 Å². The summed E-state index contributed by atoms with van der Waals surface area (Å²) in [5.41, 5.74) is 6.13. The van der Waals surface area contributed by atoms with Gasteiger partial charge >= 0.3 is 0 Å². The smallest absolute Gasteiger partial charge is 0.272 e. The molecular formula is C25H29N5O. The first-order chi connectivity index (χ1) is 15.2. The third kappa shape index (κ3) is 3.94. The van der Waals surface area contributed by atoms with Gasteiger partial charge in [-0.15, -0.1) is 0 Å². The number of benzene rings is 1. The number of anilines is 1. The number of nitrogens with one attached hydrogen (secondary N) is 1. The molecule has 3 heterocycles. The fourth-order valence-corrected chi connectivity index (χ4v) is 4.74. The van der Waals surface area contributed by atoms with Gasteiger partial charge in [0, 0.05) is 42.7 Å². The van der Waals surface area contributed by atoms with E-state index in [0.717, 1.165) is 55.0 Å². The number of pyridine rings is 1. The molecule has 0 bridgehead atoms. The molecule has 1 aliphatic heterocycles. The van der Waals surface area contributed by atoms with E-state index in [4.69, 9.17) is 5.10 Å². The summed E-state index contributed by atoms with van der Waals surface area (Å²) in [6.45, 7) is 4.61. The lowest BCUT2D eigenvalue weighted by atomic mass is 10.1. The van der Waals surface area contributed by atoms with Gasteiger partial charge in [-0.1, -0.05) is 23.8 Å². The van der Waals surface area contributed by atoms with Crippen LogP contribution in [0.4, 0.5) is 5.82 Å². The number of carbonyl (C=O) groups excluding carboxylic acids is 1. The average molecular weight is 416 g/mol. The Balaban J connectivity index is 1.36. The van der Waals surface area contributed by atoms with E-state index >= 15 is 0 Å². The lowest BCUT2D eigenvalue weighted by Gasteiger charge is -2.29. The third-order valence-electron chi connectivity index (χ3n) is 6.39. The van der Waals surface area contributed by atoms with Gasteiger partial charge < -0.3 is 10.2 Å². The van der Waals surface area contributed by atoms with E-state index in [9.17, 15) is 4.79 Å². The first-order valence-corrected chi connectivity index (χ1v) is 11.4. The number of hydrogen-bond acceptors (Lipinski definition) is 4. The Bertz CT molecular complexity index is 1080. The van der Waals surface area contributed by atoms with Gasteiger partial charge in [0.1, 0.15) is 5.82 Å². The van der Waals surface area contributed by atoms with E-state index < -0.39 is 0 Å². The van der Waals surface area contributed by atoms with Gasteiger partial charge in [-0.25, -0.2) is 9.67 Å². The number of nitrogens with zero attached hydrogens (tertiary/aromatic N) is 4. The van der Waals surface area contributed by atoms with Gasteiger partial charge in [0.15, 0.2) is 5.69 Å². The number of carbonyl (C=O) groups is 1. The number of amides is 1. The van der Waals surface area contributed by atoms with Crippen LogP contribution in [0.25, 0.3) is 5.69 Å². The maximum Gasteiger partial charge on any atom is 0.272 e. The Morgan fingerprint density at radius 3 is 2.65 bits per heavy atom. The van der Waals surface area contributed by atoms with Gasteiger partial charge in [-0.05, 0) is 63.6 Å². The molecule has 1 amide bonds. The monoisotopic (exact) mass is 415 g/mol. The van der Waals surface area contributed by atoms with Crippen molar-refractivity contribution in [2.45, 2.75) is 52.0 Å². The lowest BCUT2D eigenvalue weighted by Crippen LogP contribution is -2.32. The van der Waals surface area contributed by atoms with E-state index in [1.807, 2.05) is 16.9 Å². The zero-order valence-corrected chi connectivity index (χ0v) is 18.1. The molecule has 6 nitrogen and oxygen atoms in total. The number of fused-ring (bicyclic) bond motifs is 1. The summed E-state index contributed by atoms with van der Waals surface area (Å²) in [5.74, 6) is 0.898. The highest BCUT2D eigenvalue weighted by Gasteiger charge is 2.27. The van der Waals surface area contributed by atoms with Crippen LogP contribution in [0.5, 0.6) is 0 Å². The molecule has 1 N–H and O–H groups in total. The second-order valence-corrected chi connectivity index (χ2v) is 8.59. The summed E-state index contributed by atoms with van der Waals surface area (Å²) in [4.78, 5) is 20.1. The van der Waals surface area contributed by atoms with Crippen LogP contribution in [-0.2, 0) is 19.4 Å². The number of hydrogen-bond donors (Lipinski definition) is 1. The van der Waals surface area contributed by atoms with Crippen molar-refractivity contribution in [2.24, 2.45) is 0 Å². The Kier molecular flexibility index (Phi) is 5.45. The van der Waals surface area contributed by atoms with Crippen molar-refractivity contribution in [1.29, 1.82) is 0 Å². The molecule has 0 unspecified atom stereocenters. The Labute approximate surface area is 183 Å². The summed E-state index contributed by atoms with van der Waals surface area (Å²) in [6.07, 6.45) is 8.47. The number of piperidine rings is 1. The van der Waals surface area contributed by atoms with Crippen LogP contribution in [0, 0.1) is 6.92 Å². The van der Waals surface area contributed by atoms with E-state index in [1.165, 1.54) is 30.5 Å². The van der Waals surface area contributed by atoms with E-state index in [2.05, 4.69) is 52.5 Å².